The van der Waals surface area contributed by atoms with Crippen molar-refractivity contribution in [1.82, 2.24) is 0 Å². The molecule has 0 amide bonds. The van der Waals surface area contributed by atoms with Crippen LogP contribution in [0.2, 0.25) is 0 Å². The lowest BCUT2D eigenvalue weighted by Crippen LogP contribution is -2.09. The lowest BCUT2D eigenvalue weighted by molar-refractivity contribution is 0.385. The third kappa shape index (κ3) is 0.884. The van der Waals surface area contributed by atoms with Gasteiger partial charge < -0.3 is 10.5 Å². The van der Waals surface area contributed by atoms with Gasteiger partial charge in [0.2, 0.25) is 0 Å². The largest absolute Gasteiger partial charge is 0.365 e. The van der Waals surface area contributed by atoms with Gasteiger partial charge in [0, 0.05) is 6.54 Å². The molecule has 0 radical (unpaired) electrons. The second-order valence-corrected chi connectivity index (χ2v) is 2.71. The summed E-state index contributed by atoms with van der Waals surface area (Å²) in [5.41, 5.74) is 6.83. The van der Waals surface area contributed by atoms with Crippen LogP contribution in [0, 0.1) is 0 Å². The van der Waals surface area contributed by atoms with Gasteiger partial charge in [-0.2, -0.15) is 0 Å². The summed E-state index contributed by atoms with van der Waals surface area (Å²) in [6, 6.07) is 0. The Labute approximate surface area is 54.7 Å². The van der Waals surface area contributed by atoms with E-state index in [9.17, 15) is 0 Å². The molecule has 2 atom stereocenters. The lowest BCUT2D eigenvalue weighted by atomic mass is 10.0. The molecular weight excluding hydrogens is 114 g/mol. The van der Waals surface area contributed by atoms with Gasteiger partial charge in [-0.25, -0.2) is 0 Å². The monoisotopic (exact) mass is 125 g/mol. The molecule has 2 rings (SSSR count). The number of rotatable bonds is 1. The fourth-order valence-electron chi connectivity index (χ4n) is 1.35. The number of hydrogen-bond donors (Lipinski definition) is 1. The zero-order valence-corrected chi connectivity index (χ0v) is 5.34. The summed E-state index contributed by atoms with van der Waals surface area (Å²) < 4.78 is 5.28. The highest BCUT2D eigenvalue weighted by molar-refractivity contribution is 5.17. The molecule has 0 aromatic heterocycles. The van der Waals surface area contributed by atoms with Crippen LogP contribution in [0.15, 0.2) is 11.6 Å². The van der Waals surface area contributed by atoms with Crippen molar-refractivity contribution in [2.75, 3.05) is 6.54 Å². The van der Waals surface area contributed by atoms with Crippen molar-refractivity contribution in [1.29, 1.82) is 0 Å². The molecule has 0 unspecified atom stereocenters. The van der Waals surface area contributed by atoms with E-state index in [1.54, 1.807) is 0 Å². The Balaban J connectivity index is 2.06. The molecular formula is C7H11NO. The Kier molecular flexibility index (Phi) is 1.10. The van der Waals surface area contributed by atoms with Gasteiger partial charge in [0.25, 0.3) is 0 Å². The third-order valence-corrected chi connectivity index (χ3v) is 2.03. The fraction of sp³-hybridized carbons (Fsp3) is 0.714. The molecule has 2 heteroatoms. The number of ether oxygens (including phenoxy) is 1. The van der Waals surface area contributed by atoms with Crippen LogP contribution in [0.1, 0.15) is 12.8 Å². The summed E-state index contributed by atoms with van der Waals surface area (Å²) in [5.74, 6) is 0. The quantitative estimate of drug-likeness (QED) is 0.408. The van der Waals surface area contributed by atoms with E-state index in [1.807, 2.05) is 0 Å². The Bertz CT molecular complexity index is 153. The van der Waals surface area contributed by atoms with Crippen LogP contribution in [-0.2, 0) is 4.74 Å². The standard InChI is InChI=1S/C7H11NO/c8-4-5-1-2-6-7(3-5)9-6/h3,6-7H,1-2,4,8H2/t6-,7+/m1/s1. The van der Waals surface area contributed by atoms with Gasteiger partial charge in [-0.05, 0) is 12.8 Å². The van der Waals surface area contributed by atoms with Gasteiger partial charge >= 0.3 is 0 Å². The third-order valence-electron chi connectivity index (χ3n) is 2.03. The molecule has 0 aromatic rings. The zero-order valence-electron chi connectivity index (χ0n) is 5.34. The minimum Gasteiger partial charge on any atom is -0.365 e. The maximum Gasteiger partial charge on any atom is 0.103 e. The lowest BCUT2D eigenvalue weighted by Gasteiger charge is -2.05. The first-order valence-electron chi connectivity index (χ1n) is 3.45. The molecule has 1 fully saturated rings. The van der Waals surface area contributed by atoms with Crippen LogP contribution in [0.25, 0.3) is 0 Å². The first-order valence-corrected chi connectivity index (χ1v) is 3.45. The number of nitrogens with two attached hydrogens (primary N) is 1. The Morgan fingerprint density at radius 1 is 1.78 bits per heavy atom. The maximum atomic E-state index is 5.46. The summed E-state index contributed by atoms with van der Waals surface area (Å²) in [7, 11) is 0. The molecule has 0 spiro atoms. The molecule has 1 heterocycles. The minimum absolute atomic E-state index is 0.442. The van der Waals surface area contributed by atoms with Crippen molar-refractivity contribution < 1.29 is 4.74 Å². The van der Waals surface area contributed by atoms with Crippen molar-refractivity contribution in [3.05, 3.63) is 11.6 Å². The van der Waals surface area contributed by atoms with Crippen LogP contribution >= 0.6 is 0 Å². The van der Waals surface area contributed by atoms with Crippen molar-refractivity contribution in [3.63, 3.8) is 0 Å². The van der Waals surface area contributed by atoms with E-state index < -0.39 is 0 Å². The molecule has 1 aliphatic carbocycles. The Hall–Kier alpha value is -0.340. The molecule has 0 saturated carbocycles. The topological polar surface area (TPSA) is 38.5 Å². The van der Waals surface area contributed by atoms with Crippen LogP contribution in [-0.4, -0.2) is 18.8 Å². The molecule has 0 aromatic carbocycles. The number of epoxide rings is 1. The minimum atomic E-state index is 0.442. The SMILES string of the molecule is NCC1=C[C@@H]2O[C@@H]2CC1. The van der Waals surface area contributed by atoms with E-state index in [4.69, 9.17) is 10.5 Å². The molecule has 2 nitrogen and oxygen atoms in total. The highest BCUT2D eigenvalue weighted by atomic mass is 16.6. The maximum absolute atomic E-state index is 5.46. The van der Waals surface area contributed by atoms with Crippen LogP contribution in [0.5, 0.6) is 0 Å². The first-order chi connectivity index (χ1) is 4.40. The molecule has 1 saturated heterocycles. The average Bonchev–Trinajstić information content (AvgIpc) is 2.64. The summed E-state index contributed by atoms with van der Waals surface area (Å²) in [6.07, 6.45) is 5.51. The number of hydrogen-bond acceptors (Lipinski definition) is 2. The second kappa shape index (κ2) is 1.82. The van der Waals surface area contributed by atoms with E-state index in [2.05, 4.69) is 6.08 Å². The molecule has 50 valence electrons. The summed E-state index contributed by atoms with van der Waals surface area (Å²) in [5, 5.41) is 0. The van der Waals surface area contributed by atoms with E-state index in [0.29, 0.717) is 18.8 Å². The van der Waals surface area contributed by atoms with Crippen LogP contribution in [0.4, 0.5) is 0 Å². The van der Waals surface area contributed by atoms with Gasteiger partial charge in [-0.15, -0.1) is 0 Å². The van der Waals surface area contributed by atoms with Gasteiger partial charge in [0.1, 0.15) is 6.10 Å². The highest BCUT2D eigenvalue weighted by Crippen LogP contribution is 2.34. The highest BCUT2D eigenvalue weighted by Gasteiger charge is 2.39. The molecule has 9 heavy (non-hydrogen) atoms. The predicted molar refractivity (Wildman–Crippen MR) is 35.0 cm³/mol. The van der Waals surface area contributed by atoms with Gasteiger partial charge in [-0.3, -0.25) is 0 Å². The smallest absolute Gasteiger partial charge is 0.103 e. The van der Waals surface area contributed by atoms with Crippen molar-refractivity contribution in [3.8, 4) is 0 Å². The predicted octanol–water partition coefficient (Wildman–Crippen LogP) is 0.433. The first kappa shape index (κ1) is 5.45. The summed E-state index contributed by atoms with van der Waals surface area (Å²) >= 11 is 0. The molecule has 0 bridgehead atoms. The van der Waals surface area contributed by atoms with Crippen molar-refractivity contribution in [2.24, 2.45) is 5.73 Å². The molecule has 2 N–H and O–H groups in total. The Morgan fingerprint density at radius 3 is 3.33 bits per heavy atom. The normalized spacial score (nSPS) is 39.4. The summed E-state index contributed by atoms with van der Waals surface area (Å²) in [4.78, 5) is 0. The molecule has 2 aliphatic rings. The Morgan fingerprint density at radius 2 is 2.67 bits per heavy atom. The fourth-order valence-corrected chi connectivity index (χ4v) is 1.35. The zero-order chi connectivity index (χ0) is 6.27. The van der Waals surface area contributed by atoms with Gasteiger partial charge in [0.05, 0.1) is 6.10 Å². The average molecular weight is 125 g/mol. The van der Waals surface area contributed by atoms with E-state index in [0.717, 1.165) is 6.42 Å². The van der Waals surface area contributed by atoms with Crippen LogP contribution < -0.4 is 5.73 Å². The van der Waals surface area contributed by atoms with Crippen molar-refractivity contribution in [2.45, 2.75) is 25.0 Å². The van der Waals surface area contributed by atoms with E-state index >= 15 is 0 Å². The van der Waals surface area contributed by atoms with Crippen molar-refractivity contribution >= 4 is 0 Å². The van der Waals surface area contributed by atoms with E-state index in [-0.39, 0.29) is 0 Å². The number of fused-ring (bicyclic) bond motifs is 1. The van der Waals surface area contributed by atoms with Gasteiger partial charge in [0.15, 0.2) is 0 Å². The van der Waals surface area contributed by atoms with Gasteiger partial charge in [-0.1, -0.05) is 11.6 Å². The van der Waals surface area contributed by atoms with E-state index in [1.165, 1.54) is 12.0 Å². The summed E-state index contributed by atoms with van der Waals surface area (Å²) in [6.45, 7) is 0.715. The van der Waals surface area contributed by atoms with Crippen LogP contribution in [0.3, 0.4) is 0 Å². The second-order valence-electron chi connectivity index (χ2n) is 2.71. The molecule has 1 aliphatic heterocycles.